The van der Waals surface area contributed by atoms with Crippen LogP contribution in [0.15, 0.2) is 48.5 Å². The van der Waals surface area contributed by atoms with Gasteiger partial charge in [0.25, 0.3) is 5.60 Å². The summed E-state index contributed by atoms with van der Waals surface area (Å²) in [5.74, 6) is 0.695. The zero-order valence-electron chi connectivity index (χ0n) is 26.8. The second-order valence-corrected chi connectivity index (χ2v) is 12.7. The number of rotatable bonds is 8. The predicted molar refractivity (Wildman–Crippen MR) is 164 cm³/mol. The van der Waals surface area contributed by atoms with Crippen LogP contribution in [0.3, 0.4) is 0 Å². The minimum atomic E-state index is -5.98. The van der Waals surface area contributed by atoms with Crippen molar-refractivity contribution < 1.29 is 41.0 Å². The van der Waals surface area contributed by atoms with Gasteiger partial charge in [0, 0.05) is 49.6 Å². The van der Waals surface area contributed by atoms with Crippen molar-refractivity contribution in [3.8, 4) is 5.75 Å². The molecule has 13 heteroatoms. The van der Waals surface area contributed by atoms with Crippen molar-refractivity contribution >= 4 is 17.7 Å². The summed E-state index contributed by atoms with van der Waals surface area (Å²) in [6.45, 7) is 13.2. The smallest absolute Gasteiger partial charge is 0.430 e. The number of hydrogen-bond donors (Lipinski definition) is 2. The Morgan fingerprint density at radius 3 is 2.35 bits per heavy atom. The van der Waals surface area contributed by atoms with E-state index in [1.807, 2.05) is 61.8 Å². The van der Waals surface area contributed by atoms with Crippen molar-refractivity contribution in [1.29, 1.82) is 0 Å². The highest BCUT2D eigenvalue weighted by molar-refractivity contribution is 5.79. The van der Waals surface area contributed by atoms with Gasteiger partial charge in [-0.3, -0.25) is 15.0 Å². The third-order valence-electron chi connectivity index (χ3n) is 8.66. The first-order valence-corrected chi connectivity index (χ1v) is 15.2. The summed E-state index contributed by atoms with van der Waals surface area (Å²) < 4.78 is 87.3. The summed E-state index contributed by atoms with van der Waals surface area (Å²) in [6, 6.07) is 9.85. The van der Waals surface area contributed by atoms with Gasteiger partial charge in [0.1, 0.15) is 5.75 Å². The molecule has 0 aromatic heterocycles. The van der Waals surface area contributed by atoms with E-state index in [1.165, 1.54) is 18.2 Å². The summed E-state index contributed by atoms with van der Waals surface area (Å²) in [5, 5.41) is 13.5. The van der Waals surface area contributed by atoms with Gasteiger partial charge in [-0.25, -0.2) is 0 Å². The lowest BCUT2D eigenvalue weighted by Crippen LogP contribution is -2.59. The van der Waals surface area contributed by atoms with Crippen molar-refractivity contribution in [3.05, 3.63) is 65.2 Å². The van der Waals surface area contributed by atoms with Crippen molar-refractivity contribution in [1.82, 2.24) is 15.1 Å². The van der Waals surface area contributed by atoms with Gasteiger partial charge in [-0.05, 0) is 76.9 Å². The minimum Gasteiger partial charge on any atom is -0.491 e. The molecular weight excluding hydrogens is 614 g/mol. The van der Waals surface area contributed by atoms with Gasteiger partial charge in [-0.15, -0.1) is 0 Å². The average Bonchev–Trinajstić information content (AvgIpc) is 3.33. The lowest BCUT2D eigenvalue weighted by atomic mass is 9.89. The second kappa shape index (κ2) is 13.1. The fourth-order valence-electron chi connectivity index (χ4n) is 6.27. The Balaban J connectivity index is 1.48. The Morgan fingerprint density at radius 2 is 1.74 bits per heavy atom. The first-order chi connectivity index (χ1) is 21.3. The number of amides is 1. The van der Waals surface area contributed by atoms with E-state index in [4.69, 9.17) is 4.74 Å². The maximum absolute atomic E-state index is 13.6. The molecule has 2 heterocycles. The third-order valence-corrected chi connectivity index (χ3v) is 8.66. The quantitative estimate of drug-likeness (QED) is 0.339. The number of hydrogen-bond acceptors (Lipinski definition) is 6. The highest BCUT2D eigenvalue weighted by Gasteiger charge is 2.71. The molecule has 0 bridgehead atoms. The molecule has 0 spiro atoms. The molecule has 2 saturated heterocycles. The fourth-order valence-corrected chi connectivity index (χ4v) is 6.27. The molecule has 0 aliphatic carbocycles. The largest absolute Gasteiger partial charge is 0.491 e. The van der Waals surface area contributed by atoms with Crippen LogP contribution >= 0.6 is 0 Å². The first-order valence-electron chi connectivity index (χ1n) is 15.2. The molecule has 0 radical (unpaired) electrons. The predicted octanol–water partition coefficient (Wildman–Crippen LogP) is 6.02. The maximum Gasteiger partial charge on any atom is 0.430 e. The van der Waals surface area contributed by atoms with E-state index in [0.29, 0.717) is 38.1 Å². The van der Waals surface area contributed by atoms with Crippen LogP contribution in [0.4, 0.5) is 32.0 Å². The van der Waals surface area contributed by atoms with E-state index in [1.54, 1.807) is 11.8 Å². The van der Waals surface area contributed by atoms with Gasteiger partial charge in [0.15, 0.2) is 0 Å². The van der Waals surface area contributed by atoms with Gasteiger partial charge >= 0.3 is 12.4 Å². The molecule has 254 valence electrons. The number of benzene rings is 2. The standard InChI is InChI=1S/C33H42F6N4O3/c1-7-9-24-14-26(31(45,32(34,35)36)33(37,38)39)12-13-28(24)42-16-23(5)43(17-22(42)4)29(44)18-41-19-30(6,40-20-41)25-10-8-11-27(15-25)46-21(2)3/h7-15,21-23,40,45H,16-20H2,1-6H3/t22?,23-,30-/m1/s1. The van der Waals surface area contributed by atoms with Gasteiger partial charge in [-0.2, -0.15) is 26.3 Å². The highest BCUT2D eigenvalue weighted by atomic mass is 19.4. The molecular formula is C33H42F6N4O3. The van der Waals surface area contributed by atoms with E-state index in [9.17, 15) is 36.2 Å². The fraction of sp³-hybridized carbons (Fsp3) is 0.545. The number of carbonyl (C=O) groups is 1. The van der Waals surface area contributed by atoms with Crippen molar-refractivity contribution in [2.45, 2.75) is 83.2 Å². The van der Waals surface area contributed by atoms with E-state index in [-0.39, 0.29) is 36.2 Å². The Morgan fingerprint density at radius 1 is 1.07 bits per heavy atom. The molecule has 3 atom stereocenters. The Bertz CT molecular complexity index is 1410. The van der Waals surface area contributed by atoms with E-state index in [0.717, 1.165) is 17.4 Å². The number of anilines is 1. The average molecular weight is 657 g/mol. The number of piperazine rings is 1. The van der Waals surface area contributed by atoms with Crippen molar-refractivity contribution in [2.24, 2.45) is 0 Å². The topological polar surface area (TPSA) is 68.3 Å². The molecule has 2 fully saturated rings. The van der Waals surface area contributed by atoms with Crippen LogP contribution in [-0.4, -0.2) is 84.2 Å². The van der Waals surface area contributed by atoms with Gasteiger partial charge in [-0.1, -0.05) is 30.4 Å². The second-order valence-electron chi connectivity index (χ2n) is 12.7. The first kappa shape index (κ1) is 35.6. The number of ether oxygens (including phenoxy) is 1. The summed E-state index contributed by atoms with van der Waals surface area (Å²) >= 11 is 0. The summed E-state index contributed by atoms with van der Waals surface area (Å²) in [5.41, 5.74) is -5.19. The number of nitrogens with one attached hydrogen (secondary N) is 1. The van der Waals surface area contributed by atoms with Crippen LogP contribution in [0.2, 0.25) is 0 Å². The number of alkyl halides is 6. The van der Waals surface area contributed by atoms with Gasteiger partial charge in [0.2, 0.25) is 5.91 Å². The molecule has 4 rings (SSSR count). The van der Waals surface area contributed by atoms with Crippen molar-refractivity contribution in [3.63, 3.8) is 0 Å². The Kier molecular flexibility index (Phi) is 10.1. The highest BCUT2D eigenvalue weighted by Crippen LogP contribution is 2.50. The van der Waals surface area contributed by atoms with Gasteiger partial charge < -0.3 is 19.6 Å². The Hall–Kier alpha value is -3.29. The molecule has 46 heavy (non-hydrogen) atoms. The number of aliphatic hydroxyl groups is 1. The molecule has 2 aromatic rings. The van der Waals surface area contributed by atoms with E-state index in [2.05, 4.69) is 12.2 Å². The lowest BCUT2D eigenvalue weighted by molar-refractivity contribution is -0.376. The molecule has 1 unspecified atom stereocenters. The summed E-state index contributed by atoms with van der Waals surface area (Å²) in [7, 11) is 0. The van der Waals surface area contributed by atoms with Crippen LogP contribution in [0.25, 0.3) is 6.08 Å². The number of halogens is 6. The van der Waals surface area contributed by atoms with Crippen molar-refractivity contribution in [2.75, 3.05) is 37.7 Å². The monoisotopic (exact) mass is 656 g/mol. The van der Waals surface area contributed by atoms with Crippen LogP contribution in [0, 0.1) is 0 Å². The molecule has 2 aliphatic rings. The molecule has 2 N–H and O–H groups in total. The Labute approximate surface area is 265 Å². The van der Waals surface area contributed by atoms with Crippen LogP contribution in [0.1, 0.15) is 58.2 Å². The van der Waals surface area contributed by atoms with Crippen LogP contribution < -0.4 is 15.0 Å². The lowest BCUT2D eigenvalue weighted by Gasteiger charge is -2.46. The van der Waals surface area contributed by atoms with E-state index < -0.39 is 29.1 Å². The van der Waals surface area contributed by atoms with Gasteiger partial charge in [0.05, 0.1) is 18.2 Å². The number of nitrogens with zero attached hydrogens (tertiary/aromatic N) is 3. The molecule has 7 nitrogen and oxygen atoms in total. The minimum absolute atomic E-state index is 0.0383. The normalized spacial score (nSPS) is 23.5. The molecule has 2 aromatic carbocycles. The van der Waals surface area contributed by atoms with Crippen LogP contribution in [-0.2, 0) is 15.9 Å². The summed E-state index contributed by atoms with van der Waals surface area (Å²) in [4.78, 5) is 19.2. The summed E-state index contributed by atoms with van der Waals surface area (Å²) in [6.07, 6.45) is -9.02. The SMILES string of the molecule is CC=Cc1cc(C(O)(C(F)(F)F)C(F)(F)F)ccc1N1C[C@@H](C)N(C(=O)CN2CN[C@@](C)(c3cccc(OC(C)C)c3)C2)CC1C. The third kappa shape index (κ3) is 7.01. The van der Waals surface area contributed by atoms with E-state index >= 15 is 0 Å². The molecule has 2 aliphatic heterocycles. The molecule has 1 amide bonds. The maximum atomic E-state index is 13.6. The zero-order chi connectivity index (χ0) is 34.2. The number of allylic oxidation sites excluding steroid dienone is 1. The van der Waals surface area contributed by atoms with Crippen LogP contribution in [0.5, 0.6) is 5.75 Å². The number of carbonyl (C=O) groups excluding carboxylic acids is 1. The molecule has 0 saturated carbocycles. The zero-order valence-corrected chi connectivity index (χ0v) is 26.8.